The third kappa shape index (κ3) is 3.42. The highest BCUT2D eigenvalue weighted by molar-refractivity contribution is 6.22. The number of hydrogen-bond acceptors (Lipinski definition) is 4. The fourth-order valence-corrected chi connectivity index (χ4v) is 4.04. The Kier molecular flexibility index (Phi) is 4.94. The van der Waals surface area contributed by atoms with E-state index in [1.165, 1.54) is 11.0 Å². The quantitative estimate of drug-likeness (QED) is 0.830. The highest BCUT2D eigenvalue weighted by Crippen LogP contribution is 2.31. The van der Waals surface area contributed by atoms with Crippen LogP contribution < -0.4 is 5.32 Å². The molecule has 1 aromatic heterocycles. The van der Waals surface area contributed by atoms with Crippen molar-refractivity contribution in [3.8, 4) is 0 Å². The minimum absolute atomic E-state index is 0.0224. The van der Waals surface area contributed by atoms with Crippen molar-refractivity contribution in [2.45, 2.75) is 51.6 Å². The second-order valence-corrected chi connectivity index (χ2v) is 7.49. The zero-order valence-electron chi connectivity index (χ0n) is 15.9. The number of carbonyl (C=O) groups is 3. The Morgan fingerprint density at radius 1 is 1.07 bits per heavy atom. The smallest absolute Gasteiger partial charge is 0.261 e. The van der Waals surface area contributed by atoms with Gasteiger partial charge in [0.05, 0.1) is 23.4 Å². The topological polar surface area (TPSA) is 79.4 Å². The second kappa shape index (κ2) is 7.54. The van der Waals surface area contributed by atoms with Gasteiger partial charge in [0.2, 0.25) is 0 Å². The first-order valence-electron chi connectivity index (χ1n) is 9.77. The fraction of sp³-hybridized carbons (Fsp3) is 0.364. The molecule has 6 heteroatoms. The standard InChI is InChI=1S/C22H23N3O3/c1-14-6-5-7-16(24-14)13-23-20(26)15-10-11-18-19(12-15)22(28)25(21(18)27)17-8-3-2-4-9-17/h5-7,10-12,17H,2-4,8-9,13H2,1H3,(H,23,26). The summed E-state index contributed by atoms with van der Waals surface area (Å²) in [6.07, 6.45) is 4.96. The zero-order valence-corrected chi connectivity index (χ0v) is 15.9. The average molecular weight is 377 g/mol. The number of carbonyl (C=O) groups excluding carboxylic acids is 3. The molecule has 4 rings (SSSR count). The van der Waals surface area contributed by atoms with Gasteiger partial charge in [-0.05, 0) is 50.1 Å². The summed E-state index contributed by atoms with van der Waals surface area (Å²) < 4.78 is 0. The van der Waals surface area contributed by atoms with Gasteiger partial charge in [-0.25, -0.2) is 0 Å². The van der Waals surface area contributed by atoms with Crippen molar-refractivity contribution in [2.24, 2.45) is 0 Å². The van der Waals surface area contributed by atoms with Gasteiger partial charge < -0.3 is 5.32 Å². The van der Waals surface area contributed by atoms with Crippen LogP contribution in [-0.4, -0.2) is 33.6 Å². The molecular formula is C22H23N3O3. The summed E-state index contributed by atoms with van der Waals surface area (Å²) in [7, 11) is 0. The predicted molar refractivity (Wildman–Crippen MR) is 104 cm³/mol. The van der Waals surface area contributed by atoms with Gasteiger partial charge in [-0.1, -0.05) is 25.3 Å². The van der Waals surface area contributed by atoms with Gasteiger partial charge in [-0.2, -0.15) is 0 Å². The van der Waals surface area contributed by atoms with Crippen molar-refractivity contribution in [3.05, 3.63) is 64.5 Å². The number of nitrogens with zero attached hydrogens (tertiary/aromatic N) is 2. The number of fused-ring (bicyclic) bond motifs is 1. The summed E-state index contributed by atoms with van der Waals surface area (Å²) in [5.74, 6) is -0.799. The van der Waals surface area contributed by atoms with E-state index in [-0.39, 0.29) is 23.8 Å². The van der Waals surface area contributed by atoms with Gasteiger partial charge >= 0.3 is 0 Å². The lowest BCUT2D eigenvalue weighted by molar-refractivity contribution is 0.0549. The number of rotatable bonds is 4. The van der Waals surface area contributed by atoms with Crippen LogP contribution in [0.1, 0.15) is 74.6 Å². The van der Waals surface area contributed by atoms with Crippen LogP contribution in [0.25, 0.3) is 0 Å². The molecule has 0 saturated heterocycles. The molecule has 0 radical (unpaired) electrons. The molecule has 1 saturated carbocycles. The van der Waals surface area contributed by atoms with Gasteiger partial charge in [0.15, 0.2) is 0 Å². The highest BCUT2D eigenvalue weighted by Gasteiger charge is 2.40. The minimum atomic E-state index is -0.289. The molecule has 0 unspecified atom stereocenters. The van der Waals surface area contributed by atoms with Crippen LogP contribution >= 0.6 is 0 Å². The molecule has 6 nitrogen and oxygen atoms in total. The second-order valence-electron chi connectivity index (χ2n) is 7.49. The maximum absolute atomic E-state index is 12.9. The SMILES string of the molecule is Cc1cccc(CNC(=O)c2ccc3c(c2)C(=O)N(C2CCCCC2)C3=O)n1. The molecule has 1 aliphatic heterocycles. The van der Waals surface area contributed by atoms with Gasteiger partial charge in [0.25, 0.3) is 17.7 Å². The molecule has 0 spiro atoms. The van der Waals surface area contributed by atoms with E-state index in [1.54, 1.807) is 12.1 Å². The van der Waals surface area contributed by atoms with Crippen LogP contribution in [0.4, 0.5) is 0 Å². The van der Waals surface area contributed by atoms with E-state index in [9.17, 15) is 14.4 Å². The molecule has 1 N–H and O–H groups in total. The van der Waals surface area contributed by atoms with E-state index >= 15 is 0 Å². The molecule has 3 amide bonds. The maximum atomic E-state index is 12.9. The number of aryl methyl sites for hydroxylation is 1. The molecule has 0 atom stereocenters. The van der Waals surface area contributed by atoms with Gasteiger partial charge in [-0.15, -0.1) is 0 Å². The van der Waals surface area contributed by atoms with Crippen molar-refractivity contribution in [2.75, 3.05) is 0 Å². The lowest BCUT2D eigenvalue weighted by Gasteiger charge is -2.29. The van der Waals surface area contributed by atoms with Crippen molar-refractivity contribution >= 4 is 17.7 Å². The molecule has 28 heavy (non-hydrogen) atoms. The number of aromatic nitrogens is 1. The first-order valence-corrected chi connectivity index (χ1v) is 9.77. The summed E-state index contributed by atoms with van der Waals surface area (Å²) in [5, 5.41) is 2.82. The van der Waals surface area contributed by atoms with Crippen LogP contribution in [0, 0.1) is 6.92 Å². The van der Waals surface area contributed by atoms with Crippen molar-refractivity contribution < 1.29 is 14.4 Å². The van der Waals surface area contributed by atoms with Crippen LogP contribution in [-0.2, 0) is 6.54 Å². The van der Waals surface area contributed by atoms with E-state index in [1.807, 2.05) is 25.1 Å². The summed E-state index contributed by atoms with van der Waals surface area (Å²) in [5.41, 5.74) is 2.75. The lowest BCUT2D eigenvalue weighted by atomic mass is 9.94. The Morgan fingerprint density at radius 2 is 1.82 bits per heavy atom. The molecule has 0 bridgehead atoms. The summed E-state index contributed by atoms with van der Waals surface area (Å²) >= 11 is 0. The maximum Gasteiger partial charge on any atom is 0.261 e. The number of hydrogen-bond donors (Lipinski definition) is 1. The van der Waals surface area contributed by atoms with E-state index in [2.05, 4.69) is 10.3 Å². The van der Waals surface area contributed by atoms with Gasteiger partial charge in [-0.3, -0.25) is 24.3 Å². The molecule has 1 aliphatic carbocycles. The normalized spacial score (nSPS) is 17.0. The molecule has 2 aliphatic rings. The van der Waals surface area contributed by atoms with Crippen LogP contribution in [0.5, 0.6) is 0 Å². The third-order valence-electron chi connectivity index (χ3n) is 5.50. The molecule has 144 valence electrons. The molecular weight excluding hydrogens is 354 g/mol. The van der Waals surface area contributed by atoms with Crippen molar-refractivity contribution in [1.82, 2.24) is 15.2 Å². The molecule has 1 aromatic carbocycles. The Balaban J connectivity index is 1.50. The predicted octanol–water partition coefficient (Wildman–Crippen LogP) is 3.25. The minimum Gasteiger partial charge on any atom is -0.346 e. The van der Waals surface area contributed by atoms with Crippen LogP contribution in [0.3, 0.4) is 0 Å². The van der Waals surface area contributed by atoms with Crippen LogP contribution in [0.15, 0.2) is 36.4 Å². The van der Waals surface area contributed by atoms with Crippen LogP contribution in [0.2, 0.25) is 0 Å². The number of imide groups is 1. The average Bonchev–Trinajstić information content (AvgIpc) is 2.97. The van der Waals surface area contributed by atoms with E-state index in [4.69, 9.17) is 0 Å². The van der Waals surface area contributed by atoms with Gasteiger partial charge in [0, 0.05) is 17.3 Å². The van der Waals surface area contributed by atoms with E-state index < -0.39 is 0 Å². The molecule has 2 heterocycles. The summed E-state index contributed by atoms with van der Waals surface area (Å²) in [6, 6.07) is 10.4. The number of amides is 3. The monoisotopic (exact) mass is 377 g/mol. The first-order chi connectivity index (χ1) is 13.5. The first kappa shape index (κ1) is 18.3. The third-order valence-corrected chi connectivity index (χ3v) is 5.50. The van der Waals surface area contributed by atoms with E-state index in [0.717, 1.165) is 43.5 Å². The zero-order chi connectivity index (χ0) is 19.7. The summed E-state index contributed by atoms with van der Waals surface area (Å²) in [4.78, 5) is 43.9. The lowest BCUT2D eigenvalue weighted by Crippen LogP contribution is -2.40. The van der Waals surface area contributed by atoms with Crippen molar-refractivity contribution in [3.63, 3.8) is 0 Å². The molecule has 1 fully saturated rings. The molecule has 2 aromatic rings. The number of benzene rings is 1. The van der Waals surface area contributed by atoms with Gasteiger partial charge in [0.1, 0.15) is 0 Å². The largest absolute Gasteiger partial charge is 0.346 e. The fourth-order valence-electron chi connectivity index (χ4n) is 4.04. The Hall–Kier alpha value is -3.02. The van der Waals surface area contributed by atoms with Crippen molar-refractivity contribution in [1.29, 1.82) is 0 Å². The Morgan fingerprint density at radius 3 is 2.57 bits per heavy atom. The Labute approximate surface area is 164 Å². The Bertz CT molecular complexity index is 948. The van der Waals surface area contributed by atoms with E-state index in [0.29, 0.717) is 23.2 Å². The number of nitrogens with one attached hydrogen (secondary N) is 1. The summed E-state index contributed by atoms with van der Waals surface area (Å²) in [6.45, 7) is 2.20. The highest BCUT2D eigenvalue weighted by atomic mass is 16.2. The number of pyridine rings is 1.